The molecule has 2 aromatic heterocycles. The van der Waals surface area contributed by atoms with Crippen LogP contribution in [-0.4, -0.2) is 37.1 Å². The molecule has 7 heteroatoms. The van der Waals surface area contributed by atoms with Crippen molar-refractivity contribution in [2.45, 2.75) is 45.2 Å². The van der Waals surface area contributed by atoms with E-state index in [4.69, 9.17) is 0 Å². The van der Waals surface area contributed by atoms with Crippen LogP contribution in [0.4, 0.5) is 0 Å². The van der Waals surface area contributed by atoms with Crippen LogP contribution < -0.4 is 5.56 Å². The van der Waals surface area contributed by atoms with Crippen molar-refractivity contribution in [1.29, 1.82) is 0 Å². The number of nitrogens with one attached hydrogen (secondary N) is 1. The Morgan fingerprint density at radius 1 is 1.26 bits per heavy atom. The monoisotopic (exact) mass is 365 g/mol. The van der Waals surface area contributed by atoms with Crippen molar-refractivity contribution in [3.05, 3.63) is 58.3 Å². The zero-order valence-electron chi connectivity index (χ0n) is 15.4. The number of para-hydroxylation sites is 2. The molecule has 1 aliphatic rings. The average Bonchev–Trinajstić information content (AvgIpc) is 3.33. The first-order valence-electron chi connectivity index (χ1n) is 9.51. The normalized spacial score (nSPS) is 16.9. The standard InChI is InChI=1S/C20H23N5O2/c1-2-3-13-25-18(26)11-10-16(23-25)20(27)24-12-6-9-17(24)19-21-14-7-4-5-8-15(14)22-19/h4-5,7-8,10-11,17H,2-3,6,9,12-13H2,1H3,(H,21,22)/t17-/m0/s1. The van der Waals surface area contributed by atoms with E-state index in [9.17, 15) is 9.59 Å². The molecule has 0 bridgehead atoms. The van der Waals surface area contributed by atoms with E-state index >= 15 is 0 Å². The molecule has 3 aromatic rings. The van der Waals surface area contributed by atoms with E-state index in [1.165, 1.54) is 16.8 Å². The number of aryl methyl sites for hydroxylation is 1. The third-order valence-corrected chi connectivity index (χ3v) is 5.05. The maximum absolute atomic E-state index is 13.1. The van der Waals surface area contributed by atoms with Gasteiger partial charge in [-0.3, -0.25) is 9.59 Å². The van der Waals surface area contributed by atoms with Gasteiger partial charge in [-0.25, -0.2) is 9.67 Å². The highest BCUT2D eigenvalue weighted by molar-refractivity contribution is 5.92. The van der Waals surface area contributed by atoms with E-state index < -0.39 is 0 Å². The number of unbranched alkanes of at least 4 members (excludes halogenated alkanes) is 1. The Hall–Kier alpha value is -2.96. The number of aromatic nitrogens is 4. The predicted octanol–water partition coefficient (Wildman–Crippen LogP) is 2.90. The Bertz CT molecular complexity index is 989. The number of carbonyl (C=O) groups is 1. The lowest BCUT2D eigenvalue weighted by Crippen LogP contribution is -2.34. The fourth-order valence-electron chi connectivity index (χ4n) is 3.60. The molecule has 1 aromatic carbocycles. The molecular formula is C20H23N5O2. The molecule has 1 atom stereocenters. The van der Waals surface area contributed by atoms with Crippen LogP contribution in [-0.2, 0) is 6.54 Å². The van der Waals surface area contributed by atoms with Gasteiger partial charge < -0.3 is 9.88 Å². The number of imidazole rings is 1. The van der Waals surface area contributed by atoms with Gasteiger partial charge in [0.15, 0.2) is 0 Å². The highest BCUT2D eigenvalue weighted by Crippen LogP contribution is 2.32. The van der Waals surface area contributed by atoms with Gasteiger partial charge in [0.25, 0.3) is 11.5 Å². The highest BCUT2D eigenvalue weighted by atomic mass is 16.2. The van der Waals surface area contributed by atoms with Crippen molar-refractivity contribution in [1.82, 2.24) is 24.6 Å². The summed E-state index contributed by atoms with van der Waals surface area (Å²) in [7, 11) is 0. The van der Waals surface area contributed by atoms with Gasteiger partial charge >= 0.3 is 0 Å². The van der Waals surface area contributed by atoms with E-state index in [0.29, 0.717) is 18.8 Å². The second-order valence-corrected chi connectivity index (χ2v) is 6.93. The largest absolute Gasteiger partial charge is 0.340 e. The van der Waals surface area contributed by atoms with Crippen LogP contribution >= 0.6 is 0 Å². The molecule has 1 N–H and O–H groups in total. The Kier molecular flexibility index (Phi) is 4.75. The first kappa shape index (κ1) is 17.5. The number of hydrogen-bond acceptors (Lipinski definition) is 4. The molecule has 1 aliphatic heterocycles. The zero-order chi connectivity index (χ0) is 18.8. The summed E-state index contributed by atoms with van der Waals surface area (Å²) in [4.78, 5) is 34.9. The summed E-state index contributed by atoms with van der Waals surface area (Å²) in [5, 5.41) is 4.31. The molecule has 1 amide bonds. The lowest BCUT2D eigenvalue weighted by molar-refractivity contribution is 0.0721. The molecule has 0 aliphatic carbocycles. The summed E-state index contributed by atoms with van der Waals surface area (Å²) >= 11 is 0. The molecule has 27 heavy (non-hydrogen) atoms. The maximum Gasteiger partial charge on any atom is 0.274 e. The Labute approximate surface area is 157 Å². The molecule has 4 rings (SSSR count). The van der Waals surface area contributed by atoms with Gasteiger partial charge in [0, 0.05) is 19.2 Å². The summed E-state index contributed by atoms with van der Waals surface area (Å²) in [5.41, 5.74) is 2.01. The van der Waals surface area contributed by atoms with Crippen LogP contribution in [0.5, 0.6) is 0 Å². The van der Waals surface area contributed by atoms with Gasteiger partial charge in [0.05, 0.1) is 17.1 Å². The van der Waals surface area contributed by atoms with E-state index in [1.54, 1.807) is 0 Å². The number of benzene rings is 1. The van der Waals surface area contributed by atoms with E-state index in [0.717, 1.165) is 42.5 Å². The molecule has 1 fully saturated rings. The van der Waals surface area contributed by atoms with E-state index in [2.05, 4.69) is 22.0 Å². The van der Waals surface area contributed by atoms with Gasteiger partial charge in [-0.15, -0.1) is 0 Å². The van der Waals surface area contributed by atoms with Crippen molar-refractivity contribution in [3.8, 4) is 0 Å². The SMILES string of the molecule is CCCCn1nc(C(=O)N2CCC[C@H]2c2nc3ccccc3[nH]2)ccc1=O. The Morgan fingerprint density at radius 2 is 2.11 bits per heavy atom. The second-order valence-electron chi connectivity index (χ2n) is 6.93. The summed E-state index contributed by atoms with van der Waals surface area (Å²) in [5.74, 6) is 0.657. The number of aromatic amines is 1. The molecule has 0 radical (unpaired) electrons. The van der Waals surface area contributed by atoms with Crippen LogP contribution in [0, 0.1) is 0 Å². The van der Waals surface area contributed by atoms with Gasteiger partial charge in [0.1, 0.15) is 11.5 Å². The molecule has 140 valence electrons. The zero-order valence-corrected chi connectivity index (χ0v) is 15.4. The number of nitrogens with zero attached hydrogens (tertiary/aromatic N) is 4. The third kappa shape index (κ3) is 3.37. The molecule has 3 heterocycles. The Balaban J connectivity index is 1.61. The van der Waals surface area contributed by atoms with Gasteiger partial charge in [-0.1, -0.05) is 25.5 Å². The van der Waals surface area contributed by atoms with Crippen molar-refractivity contribution < 1.29 is 4.79 Å². The number of rotatable bonds is 5. The predicted molar refractivity (Wildman–Crippen MR) is 103 cm³/mol. The lowest BCUT2D eigenvalue weighted by Gasteiger charge is -2.23. The molecule has 0 spiro atoms. The quantitative estimate of drug-likeness (QED) is 0.753. The Morgan fingerprint density at radius 3 is 2.93 bits per heavy atom. The number of H-pyrrole nitrogens is 1. The lowest BCUT2D eigenvalue weighted by atomic mass is 10.2. The minimum absolute atomic E-state index is 0.0947. The second kappa shape index (κ2) is 7.34. The van der Waals surface area contributed by atoms with Gasteiger partial charge in [-0.05, 0) is 37.5 Å². The van der Waals surface area contributed by atoms with Crippen molar-refractivity contribution >= 4 is 16.9 Å². The van der Waals surface area contributed by atoms with Crippen LogP contribution in [0.2, 0.25) is 0 Å². The molecule has 0 unspecified atom stereocenters. The number of hydrogen-bond donors (Lipinski definition) is 1. The molecule has 1 saturated heterocycles. The summed E-state index contributed by atoms with van der Waals surface area (Å²) in [6, 6.07) is 10.7. The molecular weight excluding hydrogens is 342 g/mol. The summed E-state index contributed by atoms with van der Waals surface area (Å²) < 4.78 is 1.39. The van der Waals surface area contributed by atoms with Crippen molar-refractivity contribution in [3.63, 3.8) is 0 Å². The maximum atomic E-state index is 13.1. The number of fused-ring (bicyclic) bond motifs is 1. The van der Waals surface area contributed by atoms with Gasteiger partial charge in [-0.2, -0.15) is 5.10 Å². The smallest absolute Gasteiger partial charge is 0.274 e. The average molecular weight is 365 g/mol. The van der Waals surface area contributed by atoms with E-state index in [1.807, 2.05) is 29.2 Å². The first-order chi connectivity index (χ1) is 13.2. The van der Waals surface area contributed by atoms with Crippen LogP contribution in [0.3, 0.4) is 0 Å². The first-order valence-corrected chi connectivity index (χ1v) is 9.51. The molecule has 7 nitrogen and oxygen atoms in total. The van der Waals surface area contributed by atoms with Crippen LogP contribution in [0.25, 0.3) is 11.0 Å². The van der Waals surface area contributed by atoms with Crippen molar-refractivity contribution in [2.75, 3.05) is 6.54 Å². The minimum Gasteiger partial charge on any atom is -0.340 e. The van der Waals surface area contributed by atoms with Gasteiger partial charge in [0.2, 0.25) is 0 Å². The topological polar surface area (TPSA) is 83.9 Å². The fraction of sp³-hybridized carbons (Fsp3) is 0.400. The number of amides is 1. The summed E-state index contributed by atoms with van der Waals surface area (Å²) in [6.07, 6.45) is 3.60. The van der Waals surface area contributed by atoms with E-state index in [-0.39, 0.29) is 17.5 Å². The minimum atomic E-state index is -0.171. The van der Waals surface area contributed by atoms with Crippen LogP contribution in [0.1, 0.15) is 55.0 Å². The van der Waals surface area contributed by atoms with Crippen molar-refractivity contribution in [2.24, 2.45) is 0 Å². The number of likely N-dealkylation sites (tertiary alicyclic amines) is 1. The highest BCUT2D eigenvalue weighted by Gasteiger charge is 2.33. The fourth-order valence-corrected chi connectivity index (χ4v) is 3.60. The molecule has 0 saturated carbocycles. The number of carbonyl (C=O) groups excluding carboxylic acids is 1. The third-order valence-electron chi connectivity index (χ3n) is 5.05. The van der Waals surface area contributed by atoms with Crippen LogP contribution in [0.15, 0.2) is 41.2 Å². The summed E-state index contributed by atoms with van der Waals surface area (Å²) in [6.45, 7) is 3.25.